The van der Waals surface area contributed by atoms with Crippen molar-refractivity contribution in [3.05, 3.63) is 0 Å². The molecule has 1 aliphatic rings. The number of rotatable bonds is 2. The summed E-state index contributed by atoms with van der Waals surface area (Å²) in [7, 11) is 1.27. The lowest BCUT2D eigenvalue weighted by molar-refractivity contribution is -0.145. The van der Waals surface area contributed by atoms with Crippen LogP contribution in [0.5, 0.6) is 0 Å². The van der Waals surface area contributed by atoms with E-state index in [0.29, 0.717) is 0 Å². The zero-order valence-corrected chi connectivity index (χ0v) is 15.5. The van der Waals surface area contributed by atoms with Gasteiger partial charge < -0.3 is 24.4 Å². The zero-order valence-electron chi connectivity index (χ0n) is 15.5. The molecule has 1 aliphatic heterocycles. The maximum Gasteiger partial charge on any atom is 0.410 e. The highest BCUT2D eigenvalue weighted by Gasteiger charge is 2.43. The lowest BCUT2D eigenvalue weighted by Crippen LogP contribution is -2.45. The fraction of sp³-hybridized carbons (Fsp3) is 0.812. The highest BCUT2D eigenvalue weighted by atomic mass is 16.6. The number of hydrogen-bond acceptors (Lipinski definition) is 6. The second kappa shape index (κ2) is 7.27. The molecular formula is C16H28N2O6. The molecule has 8 heteroatoms. The molecule has 0 radical (unpaired) electrons. The van der Waals surface area contributed by atoms with Crippen LogP contribution in [0.3, 0.4) is 0 Å². The Morgan fingerprint density at radius 2 is 1.50 bits per heavy atom. The number of hydrogen-bond donors (Lipinski definition) is 1. The Morgan fingerprint density at radius 3 is 1.96 bits per heavy atom. The highest BCUT2D eigenvalue weighted by molar-refractivity contribution is 5.78. The number of esters is 1. The maximum absolute atomic E-state index is 12.2. The van der Waals surface area contributed by atoms with Crippen molar-refractivity contribution < 1.29 is 28.6 Å². The Balaban J connectivity index is 2.79. The number of amides is 2. The van der Waals surface area contributed by atoms with Crippen LogP contribution in [0.4, 0.5) is 9.59 Å². The lowest BCUT2D eigenvalue weighted by Gasteiger charge is -2.24. The zero-order chi connectivity index (χ0) is 18.7. The minimum absolute atomic E-state index is 0.113. The molecule has 0 aromatic carbocycles. The van der Waals surface area contributed by atoms with E-state index >= 15 is 0 Å². The second-order valence-corrected chi connectivity index (χ2v) is 7.77. The largest absolute Gasteiger partial charge is 0.469 e. The predicted molar refractivity (Wildman–Crippen MR) is 86.5 cm³/mol. The second-order valence-electron chi connectivity index (χ2n) is 7.77. The number of nitrogens with one attached hydrogen (secondary N) is 1. The average molecular weight is 344 g/mol. The molecule has 0 saturated carbocycles. The maximum atomic E-state index is 12.2. The van der Waals surface area contributed by atoms with Crippen LogP contribution < -0.4 is 5.32 Å². The van der Waals surface area contributed by atoms with E-state index < -0.39 is 41.3 Å². The molecule has 2 amide bonds. The van der Waals surface area contributed by atoms with E-state index in [1.807, 2.05) is 0 Å². The summed E-state index contributed by atoms with van der Waals surface area (Å²) in [6.07, 6.45) is -1.18. The van der Waals surface area contributed by atoms with Gasteiger partial charge in [-0.25, -0.2) is 9.59 Å². The summed E-state index contributed by atoms with van der Waals surface area (Å²) in [5, 5.41) is 2.64. The topological polar surface area (TPSA) is 94.2 Å². The first-order valence-electron chi connectivity index (χ1n) is 7.87. The first-order chi connectivity index (χ1) is 10.8. The standard InChI is InChI=1S/C16H28N2O6/c1-15(2,3)23-13(20)17-11-9-18(8-10(11)12(19)22-7)14(21)24-16(4,5)6/h10-11H,8-9H2,1-7H3,(H,17,20). The van der Waals surface area contributed by atoms with Gasteiger partial charge in [0.1, 0.15) is 11.2 Å². The Kier molecular flexibility index (Phi) is 6.08. The minimum atomic E-state index is -0.671. The molecular weight excluding hydrogens is 316 g/mol. The molecule has 2 atom stereocenters. The van der Waals surface area contributed by atoms with Gasteiger partial charge in [0.05, 0.1) is 19.1 Å². The summed E-state index contributed by atoms with van der Waals surface area (Å²) in [6, 6.07) is -0.597. The third kappa shape index (κ3) is 6.25. The van der Waals surface area contributed by atoms with E-state index in [1.54, 1.807) is 41.5 Å². The van der Waals surface area contributed by atoms with Gasteiger partial charge >= 0.3 is 18.2 Å². The Labute approximate surface area is 142 Å². The molecule has 1 rings (SSSR count). The molecule has 1 heterocycles. The molecule has 24 heavy (non-hydrogen) atoms. The normalized spacial score (nSPS) is 21.2. The number of carbonyl (C=O) groups excluding carboxylic acids is 3. The van der Waals surface area contributed by atoms with Gasteiger partial charge in [0.2, 0.25) is 0 Å². The number of alkyl carbamates (subject to hydrolysis) is 1. The molecule has 1 fully saturated rings. The lowest BCUT2D eigenvalue weighted by atomic mass is 10.0. The molecule has 0 aromatic rings. The number of nitrogens with zero attached hydrogens (tertiary/aromatic N) is 1. The highest BCUT2D eigenvalue weighted by Crippen LogP contribution is 2.22. The monoisotopic (exact) mass is 344 g/mol. The van der Waals surface area contributed by atoms with Crippen LogP contribution in [-0.2, 0) is 19.0 Å². The number of ether oxygens (including phenoxy) is 3. The fourth-order valence-electron chi connectivity index (χ4n) is 2.27. The fourth-order valence-corrected chi connectivity index (χ4v) is 2.27. The van der Waals surface area contributed by atoms with Crippen molar-refractivity contribution in [1.82, 2.24) is 10.2 Å². The van der Waals surface area contributed by atoms with Gasteiger partial charge in [-0.15, -0.1) is 0 Å². The third-order valence-electron chi connectivity index (χ3n) is 3.18. The molecule has 1 N–H and O–H groups in total. The smallest absolute Gasteiger partial charge is 0.410 e. The van der Waals surface area contributed by atoms with E-state index in [-0.39, 0.29) is 13.1 Å². The summed E-state index contributed by atoms with van der Waals surface area (Å²) in [4.78, 5) is 37.5. The van der Waals surface area contributed by atoms with E-state index in [1.165, 1.54) is 12.0 Å². The van der Waals surface area contributed by atoms with Crippen LogP contribution in [0.2, 0.25) is 0 Å². The van der Waals surface area contributed by atoms with Gasteiger partial charge in [-0.2, -0.15) is 0 Å². The third-order valence-corrected chi connectivity index (χ3v) is 3.18. The molecule has 8 nitrogen and oxygen atoms in total. The van der Waals surface area contributed by atoms with Crippen molar-refractivity contribution >= 4 is 18.2 Å². The summed E-state index contributed by atoms with van der Waals surface area (Å²) in [6.45, 7) is 10.8. The average Bonchev–Trinajstić information content (AvgIpc) is 2.77. The summed E-state index contributed by atoms with van der Waals surface area (Å²) < 4.78 is 15.3. The van der Waals surface area contributed by atoms with E-state index in [0.717, 1.165) is 0 Å². The van der Waals surface area contributed by atoms with Crippen molar-refractivity contribution in [2.45, 2.75) is 58.8 Å². The molecule has 0 aromatic heterocycles. The van der Waals surface area contributed by atoms with Gasteiger partial charge in [-0.05, 0) is 41.5 Å². The van der Waals surface area contributed by atoms with Gasteiger partial charge in [0.25, 0.3) is 0 Å². The van der Waals surface area contributed by atoms with E-state index in [9.17, 15) is 14.4 Å². The Morgan fingerprint density at radius 1 is 0.958 bits per heavy atom. The first kappa shape index (κ1) is 20.1. The molecule has 138 valence electrons. The first-order valence-corrected chi connectivity index (χ1v) is 7.87. The summed E-state index contributed by atoms with van der Waals surface area (Å²) in [5.74, 6) is -1.17. The van der Waals surface area contributed by atoms with Gasteiger partial charge in [-0.3, -0.25) is 4.79 Å². The minimum Gasteiger partial charge on any atom is -0.469 e. The molecule has 2 unspecified atom stereocenters. The van der Waals surface area contributed by atoms with Crippen LogP contribution in [0.25, 0.3) is 0 Å². The van der Waals surface area contributed by atoms with Crippen molar-refractivity contribution in [3.63, 3.8) is 0 Å². The van der Waals surface area contributed by atoms with E-state index in [2.05, 4.69) is 5.32 Å². The van der Waals surface area contributed by atoms with Crippen LogP contribution in [-0.4, -0.2) is 60.5 Å². The number of likely N-dealkylation sites (tertiary alicyclic amines) is 1. The predicted octanol–water partition coefficient (Wildman–Crippen LogP) is 1.92. The van der Waals surface area contributed by atoms with Crippen molar-refractivity contribution in [2.75, 3.05) is 20.2 Å². The SMILES string of the molecule is COC(=O)C1CN(C(=O)OC(C)(C)C)CC1NC(=O)OC(C)(C)C. The van der Waals surface area contributed by atoms with Gasteiger partial charge in [0, 0.05) is 13.1 Å². The van der Waals surface area contributed by atoms with Crippen molar-refractivity contribution in [3.8, 4) is 0 Å². The van der Waals surface area contributed by atoms with Crippen LogP contribution in [0.1, 0.15) is 41.5 Å². The Bertz CT molecular complexity index is 492. The molecule has 0 spiro atoms. The van der Waals surface area contributed by atoms with Crippen LogP contribution in [0, 0.1) is 5.92 Å². The van der Waals surface area contributed by atoms with E-state index in [4.69, 9.17) is 14.2 Å². The number of carbonyl (C=O) groups is 3. The molecule has 0 aliphatic carbocycles. The van der Waals surface area contributed by atoms with Crippen molar-refractivity contribution in [2.24, 2.45) is 5.92 Å². The van der Waals surface area contributed by atoms with Crippen molar-refractivity contribution in [1.29, 1.82) is 0 Å². The van der Waals surface area contributed by atoms with Crippen LogP contribution >= 0.6 is 0 Å². The number of methoxy groups -OCH3 is 1. The summed E-state index contributed by atoms with van der Waals surface area (Å²) in [5.41, 5.74) is -1.30. The summed E-state index contributed by atoms with van der Waals surface area (Å²) >= 11 is 0. The van der Waals surface area contributed by atoms with Crippen LogP contribution in [0.15, 0.2) is 0 Å². The molecule has 1 saturated heterocycles. The molecule has 0 bridgehead atoms. The Hall–Kier alpha value is -1.99. The van der Waals surface area contributed by atoms with Gasteiger partial charge in [-0.1, -0.05) is 0 Å². The quantitative estimate of drug-likeness (QED) is 0.607. The van der Waals surface area contributed by atoms with Gasteiger partial charge in [0.15, 0.2) is 0 Å².